The van der Waals surface area contributed by atoms with Crippen LogP contribution >= 0.6 is 21.6 Å². The Morgan fingerprint density at radius 2 is 1.00 bits per heavy atom. The molecule has 0 fully saturated rings. The zero-order valence-corrected chi connectivity index (χ0v) is 17.1. The SMILES string of the molecule is CCOC(CC)(OC(C)C)SSC(CC)(OCC)OC(C)C. The van der Waals surface area contributed by atoms with E-state index in [1.54, 1.807) is 21.6 Å². The van der Waals surface area contributed by atoms with Gasteiger partial charge in [-0.25, -0.2) is 0 Å². The molecule has 0 radical (unpaired) electrons. The standard InChI is InChI=1S/C16H34O4S2/c1-9-15(17-11-3,19-13(5)6)21-22-16(10-2,18-12-4)20-14(7)8/h13-14H,9-12H2,1-8H3. The van der Waals surface area contributed by atoms with Crippen LogP contribution < -0.4 is 0 Å². The first kappa shape index (κ1) is 22.5. The summed E-state index contributed by atoms with van der Waals surface area (Å²) in [6, 6.07) is 0. The summed E-state index contributed by atoms with van der Waals surface area (Å²) in [4.78, 5) is 0. The highest BCUT2D eigenvalue weighted by Gasteiger charge is 2.40. The molecule has 0 aromatic rings. The molecule has 22 heavy (non-hydrogen) atoms. The van der Waals surface area contributed by atoms with E-state index in [-0.39, 0.29) is 12.2 Å². The van der Waals surface area contributed by atoms with Gasteiger partial charge in [0.1, 0.15) is 0 Å². The number of rotatable bonds is 13. The lowest BCUT2D eigenvalue weighted by molar-refractivity contribution is -0.191. The molecule has 0 aromatic heterocycles. The van der Waals surface area contributed by atoms with Crippen LogP contribution in [0.15, 0.2) is 0 Å². The molecule has 6 heteroatoms. The van der Waals surface area contributed by atoms with Crippen LogP contribution in [0.25, 0.3) is 0 Å². The number of hydrogen-bond donors (Lipinski definition) is 0. The highest BCUT2D eigenvalue weighted by molar-refractivity contribution is 8.77. The van der Waals surface area contributed by atoms with Crippen LogP contribution in [-0.4, -0.2) is 35.7 Å². The van der Waals surface area contributed by atoms with Crippen LogP contribution in [0.4, 0.5) is 0 Å². The molecule has 0 aliphatic rings. The summed E-state index contributed by atoms with van der Waals surface area (Å²) < 4.78 is 24.0. The molecule has 0 aliphatic carbocycles. The molecule has 0 heterocycles. The predicted octanol–water partition coefficient (Wildman–Crippen LogP) is 5.42. The number of hydrogen-bond acceptors (Lipinski definition) is 6. The van der Waals surface area contributed by atoms with Gasteiger partial charge in [-0.2, -0.15) is 0 Å². The summed E-state index contributed by atoms with van der Waals surface area (Å²) in [5, 5.41) is -1.35. The third-order valence-corrected chi connectivity index (χ3v) is 6.09. The fourth-order valence-electron chi connectivity index (χ4n) is 1.93. The normalized spacial score (nSPS) is 17.7. The van der Waals surface area contributed by atoms with Crippen molar-refractivity contribution in [1.29, 1.82) is 0 Å². The predicted molar refractivity (Wildman–Crippen MR) is 96.9 cm³/mol. The fraction of sp³-hybridized carbons (Fsp3) is 1.00. The third kappa shape index (κ3) is 7.88. The van der Waals surface area contributed by atoms with E-state index >= 15 is 0 Å². The molecule has 4 nitrogen and oxygen atoms in total. The molecule has 0 aliphatic heterocycles. The van der Waals surface area contributed by atoms with Crippen LogP contribution in [0.1, 0.15) is 68.2 Å². The molecule has 0 saturated carbocycles. The second-order valence-electron chi connectivity index (χ2n) is 5.44. The lowest BCUT2D eigenvalue weighted by Crippen LogP contribution is -2.37. The van der Waals surface area contributed by atoms with Gasteiger partial charge >= 0.3 is 0 Å². The molecular weight excluding hydrogens is 320 g/mol. The molecule has 0 N–H and O–H groups in total. The van der Waals surface area contributed by atoms with Gasteiger partial charge in [-0.05, 0) is 63.1 Å². The van der Waals surface area contributed by atoms with Gasteiger partial charge in [-0.3, -0.25) is 0 Å². The number of ether oxygens (including phenoxy) is 4. The minimum Gasteiger partial charge on any atom is -0.341 e. The molecule has 0 aromatic carbocycles. The van der Waals surface area contributed by atoms with Crippen molar-refractivity contribution in [3.8, 4) is 0 Å². The lowest BCUT2D eigenvalue weighted by Gasteiger charge is -2.38. The smallest absolute Gasteiger partial charge is 0.228 e. The maximum absolute atomic E-state index is 6.06. The van der Waals surface area contributed by atoms with Crippen molar-refractivity contribution in [2.24, 2.45) is 0 Å². The van der Waals surface area contributed by atoms with E-state index in [1.807, 2.05) is 41.5 Å². The third-order valence-electron chi connectivity index (χ3n) is 2.72. The molecule has 0 spiro atoms. The molecule has 0 rings (SSSR count). The van der Waals surface area contributed by atoms with Gasteiger partial charge in [0.2, 0.25) is 10.2 Å². The van der Waals surface area contributed by atoms with E-state index in [1.165, 1.54) is 0 Å². The van der Waals surface area contributed by atoms with E-state index in [0.717, 1.165) is 12.8 Å². The van der Waals surface area contributed by atoms with Crippen molar-refractivity contribution in [2.75, 3.05) is 13.2 Å². The minimum absolute atomic E-state index is 0.0914. The van der Waals surface area contributed by atoms with Gasteiger partial charge in [0.25, 0.3) is 0 Å². The first-order valence-electron chi connectivity index (χ1n) is 8.29. The Morgan fingerprint density at radius 1 is 0.682 bits per heavy atom. The van der Waals surface area contributed by atoms with Gasteiger partial charge in [0, 0.05) is 26.1 Å². The largest absolute Gasteiger partial charge is 0.341 e. The zero-order chi connectivity index (χ0) is 17.2. The Bertz CT molecular complexity index is 261. The fourth-order valence-corrected chi connectivity index (χ4v) is 5.21. The van der Waals surface area contributed by atoms with E-state index in [0.29, 0.717) is 13.2 Å². The minimum atomic E-state index is -0.675. The maximum atomic E-state index is 6.06. The molecular formula is C16H34O4S2. The van der Waals surface area contributed by atoms with Crippen molar-refractivity contribution in [3.63, 3.8) is 0 Å². The average molecular weight is 355 g/mol. The summed E-state index contributed by atoms with van der Waals surface area (Å²) in [5.74, 6) is 0. The van der Waals surface area contributed by atoms with Gasteiger partial charge in [0.05, 0.1) is 12.2 Å². The van der Waals surface area contributed by atoms with Crippen molar-refractivity contribution >= 4 is 21.6 Å². The zero-order valence-electron chi connectivity index (χ0n) is 15.4. The second-order valence-corrected chi connectivity index (χ2v) is 8.02. The lowest BCUT2D eigenvalue weighted by atomic mass is 10.4. The summed E-state index contributed by atoms with van der Waals surface area (Å²) in [6.45, 7) is 17.4. The Hall–Kier alpha value is 0.540. The summed E-state index contributed by atoms with van der Waals surface area (Å²) in [6.07, 6.45) is 1.69. The van der Waals surface area contributed by atoms with Gasteiger partial charge in [-0.15, -0.1) is 0 Å². The van der Waals surface area contributed by atoms with Gasteiger partial charge in [0.15, 0.2) is 0 Å². The van der Waals surface area contributed by atoms with Crippen molar-refractivity contribution in [3.05, 3.63) is 0 Å². The highest BCUT2D eigenvalue weighted by atomic mass is 33.1. The molecule has 0 saturated heterocycles. The Balaban J connectivity index is 5.07. The van der Waals surface area contributed by atoms with Gasteiger partial charge in [-0.1, -0.05) is 13.8 Å². The van der Waals surface area contributed by atoms with E-state index in [4.69, 9.17) is 18.9 Å². The second kappa shape index (κ2) is 11.2. The average Bonchev–Trinajstić information content (AvgIpc) is 2.44. The highest BCUT2D eigenvalue weighted by Crippen LogP contribution is 2.49. The van der Waals surface area contributed by atoms with E-state index < -0.39 is 10.2 Å². The monoisotopic (exact) mass is 354 g/mol. The van der Waals surface area contributed by atoms with Gasteiger partial charge < -0.3 is 18.9 Å². The molecule has 2 unspecified atom stereocenters. The molecule has 0 amide bonds. The first-order chi connectivity index (χ1) is 10.3. The molecule has 2 atom stereocenters. The van der Waals surface area contributed by atoms with E-state index in [2.05, 4.69) is 13.8 Å². The van der Waals surface area contributed by atoms with Crippen molar-refractivity contribution in [1.82, 2.24) is 0 Å². The van der Waals surface area contributed by atoms with Crippen LogP contribution in [0.3, 0.4) is 0 Å². The van der Waals surface area contributed by atoms with Crippen molar-refractivity contribution in [2.45, 2.75) is 90.7 Å². The van der Waals surface area contributed by atoms with E-state index in [9.17, 15) is 0 Å². The van der Waals surface area contributed by atoms with Crippen molar-refractivity contribution < 1.29 is 18.9 Å². The quantitative estimate of drug-likeness (QED) is 0.325. The van der Waals surface area contributed by atoms with Crippen LogP contribution in [0.5, 0.6) is 0 Å². The summed E-state index contributed by atoms with van der Waals surface area (Å²) in [7, 11) is 3.12. The Kier molecular flexibility index (Phi) is 11.4. The van der Waals surface area contributed by atoms with Crippen LogP contribution in [0, 0.1) is 0 Å². The Morgan fingerprint density at radius 3 is 1.18 bits per heavy atom. The maximum Gasteiger partial charge on any atom is 0.228 e. The Labute approximate surface area is 144 Å². The summed E-state index contributed by atoms with van der Waals surface area (Å²) >= 11 is 0. The first-order valence-corrected chi connectivity index (χ1v) is 10.4. The topological polar surface area (TPSA) is 36.9 Å². The molecule has 0 bridgehead atoms. The van der Waals surface area contributed by atoms with Crippen LogP contribution in [-0.2, 0) is 18.9 Å². The summed E-state index contributed by atoms with van der Waals surface area (Å²) in [5.41, 5.74) is 0. The van der Waals surface area contributed by atoms with Crippen LogP contribution in [0.2, 0.25) is 0 Å². The molecule has 134 valence electrons.